The lowest BCUT2D eigenvalue weighted by Gasteiger charge is -1.99. The molecule has 0 bridgehead atoms. The fraction of sp³-hybridized carbons (Fsp3) is 0.0667. The number of aryl methyl sites for hydroxylation is 1. The summed E-state index contributed by atoms with van der Waals surface area (Å²) in [7, 11) is 0. The molecule has 0 saturated heterocycles. The zero-order chi connectivity index (χ0) is 14.2. The number of rotatable bonds is 2. The number of hydrogen-bond acceptors (Lipinski definition) is 5. The Balaban J connectivity index is 1.89. The van der Waals surface area contributed by atoms with E-state index in [1.165, 1.54) is 16.9 Å². The van der Waals surface area contributed by atoms with E-state index < -0.39 is 0 Å². The predicted molar refractivity (Wildman–Crippen MR) is 82.1 cm³/mol. The fourth-order valence-electron chi connectivity index (χ4n) is 2.19. The molecule has 0 aliphatic carbocycles. The second kappa shape index (κ2) is 4.75. The van der Waals surface area contributed by atoms with Crippen molar-refractivity contribution in [1.82, 2.24) is 24.8 Å². The number of fused-ring (bicyclic) bond motifs is 1. The Morgan fingerprint density at radius 3 is 2.67 bits per heavy atom. The summed E-state index contributed by atoms with van der Waals surface area (Å²) in [6.45, 7) is 2.08. The van der Waals surface area contributed by atoms with Crippen molar-refractivity contribution < 1.29 is 0 Å². The van der Waals surface area contributed by atoms with Gasteiger partial charge in [-0.25, -0.2) is 0 Å². The van der Waals surface area contributed by atoms with Crippen LogP contribution in [0.15, 0.2) is 48.7 Å². The van der Waals surface area contributed by atoms with Gasteiger partial charge in [-0.1, -0.05) is 41.7 Å². The molecule has 3 heterocycles. The standard InChI is InChI=1S/C15H11N5S/c1-10-6-2-3-7-11(10)14-19-20-13(17-18-15(20)21-14)12-8-4-5-9-16-12/h2-9H,1H3. The van der Waals surface area contributed by atoms with Crippen molar-refractivity contribution in [3.05, 3.63) is 54.2 Å². The quantitative estimate of drug-likeness (QED) is 0.569. The maximum Gasteiger partial charge on any atom is 0.235 e. The normalized spacial score (nSPS) is 11.1. The van der Waals surface area contributed by atoms with Crippen molar-refractivity contribution in [2.75, 3.05) is 0 Å². The number of nitrogens with zero attached hydrogens (tertiary/aromatic N) is 5. The monoisotopic (exact) mass is 293 g/mol. The van der Waals surface area contributed by atoms with E-state index in [1.54, 1.807) is 10.7 Å². The van der Waals surface area contributed by atoms with Crippen LogP contribution in [0.3, 0.4) is 0 Å². The largest absolute Gasteiger partial charge is 0.253 e. The highest BCUT2D eigenvalue weighted by Crippen LogP contribution is 2.29. The van der Waals surface area contributed by atoms with Crippen LogP contribution in [0.2, 0.25) is 0 Å². The zero-order valence-corrected chi connectivity index (χ0v) is 12.1. The molecule has 0 unspecified atom stereocenters. The van der Waals surface area contributed by atoms with Gasteiger partial charge >= 0.3 is 0 Å². The molecule has 102 valence electrons. The van der Waals surface area contributed by atoms with E-state index in [0.29, 0.717) is 5.82 Å². The molecule has 4 rings (SSSR count). The van der Waals surface area contributed by atoms with Crippen LogP contribution in [0.1, 0.15) is 5.56 Å². The van der Waals surface area contributed by atoms with Crippen LogP contribution in [0.5, 0.6) is 0 Å². The molecule has 0 fully saturated rings. The molecule has 4 aromatic rings. The Kier molecular flexibility index (Phi) is 2.75. The first-order valence-corrected chi connectivity index (χ1v) is 7.34. The van der Waals surface area contributed by atoms with Gasteiger partial charge < -0.3 is 0 Å². The van der Waals surface area contributed by atoms with Crippen molar-refractivity contribution >= 4 is 16.3 Å². The van der Waals surface area contributed by atoms with Crippen molar-refractivity contribution in [3.8, 4) is 22.1 Å². The molecule has 21 heavy (non-hydrogen) atoms. The highest BCUT2D eigenvalue weighted by Gasteiger charge is 2.15. The fourth-order valence-corrected chi connectivity index (χ4v) is 3.12. The van der Waals surface area contributed by atoms with Gasteiger partial charge in [-0.05, 0) is 24.6 Å². The highest BCUT2D eigenvalue weighted by molar-refractivity contribution is 7.19. The molecule has 0 spiro atoms. The first-order valence-electron chi connectivity index (χ1n) is 6.52. The SMILES string of the molecule is Cc1ccccc1-c1nn2c(-c3ccccn3)nnc2s1. The van der Waals surface area contributed by atoms with Crippen molar-refractivity contribution in [2.24, 2.45) is 0 Å². The van der Waals surface area contributed by atoms with Gasteiger partial charge in [0.25, 0.3) is 0 Å². The van der Waals surface area contributed by atoms with E-state index >= 15 is 0 Å². The average Bonchev–Trinajstić information content (AvgIpc) is 3.08. The molecule has 0 saturated carbocycles. The smallest absolute Gasteiger partial charge is 0.235 e. The molecule has 0 atom stereocenters. The molecule has 1 aromatic carbocycles. The van der Waals surface area contributed by atoms with Gasteiger partial charge in [-0.15, -0.1) is 10.2 Å². The predicted octanol–water partition coefficient (Wildman–Crippen LogP) is 3.22. The van der Waals surface area contributed by atoms with Crippen molar-refractivity contribution in [2.45, 2.75) is 6.92 Å². The summed E-state index contributed by atoms with van der Waals surface area (Å²) in [6, 6.07) is 13.9. The van der Waals surface area contributed by atoms with E-state index in [0.717, 1.165) is 21.2 Å². The van der Waals surface area contributed by atoms with Gasteiger partial charge in [-0.3, -0.25) is 4.98 Å². The number of hydrogen-bond donors (Lipinski definition) is 0. The lowest BCUT2D eigenvalue weighted by Crippen LogP contribution is -1.93. The van der Waals surface area contributed by atoms with Crippen LogP contribution >= 0.6 is 11.3 Å². The van der Waals surface area contributed by atoms with Gasteiger partial charge in [-0.2, -0.15) is 9.61 Å². The third-order valence-corrected chi connectivity index (χ3v) is 4.19. The summed E-state index contributed by atoms with van der Waals surface area (Å²) in [5.41, 5.74) is 3.09. The molecule has 0 N–H and O–H groups in total. The topological polar surface area (TPSA) is 56.0 Å². The highest BCUT2D eigenvalue weighted by atomic mass is 32.1. The minimum Gasteiger partial charge on any atom is -0.253 e. The summed E-state index contributed by atoms with van der Waals surface area (Å²) in [5.74, 6) is 0.668. The van der Waals surface area contributed by atoms with Crippen LogP contribution in [-0.4, -0.2) is 24.8 Å². The van der Waals surface area contributed by atoms with Crippen LogP contribution in [0, 0.1) is 6.92 Å². The summed E-state index contributed by atoms with van der Waals surface area (Å²) >= 11 is 1.53. The van der Waals surface area contributed by atoms with E-state index in [9.17, 15) is 0 Å². The van der Waals surface area contributed by atoms with Gasteiger partial charge in [0.15, 0.2) is 0 Å². The summed E-state index contributed by atoms with van der Waals surface area (Å²) in [5, 5.41) is 14.0. The molecule has 0 radical (unpaired) electrons. The van der Waals surface area contributed by atoms with E-state index in [4.69, 9.17) is 0 Å². The Labute approximate surface area is 124 Å². The number of pyridine rings is 1. The first kappa shape index (κ1) is 12.2. The van der Waals surface area contributed by atoms with Gasteiger partial charge in [0.05, 0.1) is 0 Å². The average molecular weight is 293 g/mol. The zero-order valence-electron chi connectivity index (χ0n) is 11.3. The molecular formula is C15H11N5S. The maximum absolute atomic E-state index is 4.65. The van der Waals surface area contributed by atoms with E-state index in [2.05, 4.69) is 39.3 Å². The number of aromatic nitrogens is 5. The van der Waals surface area contributed by atoms with E-state index in [-0.39, 0.29) is 0 Å². The minimum absolute atomic E-state index is 0.668. The lowest BCUT2D eigenvalue weighted by atomic mass is 10.1. The molecule has 3 aromatic heterocycles. The Morgan fingerprint density at radius 1 is 1.00 bits per heavy atom. The van der Waals surface area contributed by atoms with Gasteiger partial charge in [0.2, 0.25) is 10.8 Å². The lowest BCUT2D eigenvalue weighted by molar-refractivity contribution is 0.961. The van der Waals surface area contributed by atoms with Crippen LogP contribution < -0.4 is 0 Å². The Bertz CT molecular complexity index is 910. The summed E-state index contributed by atoms with van der Waals surface area (Å²) in [6.07, 6.45) is 1.74. The van der Waals surface area contributed by atoms with Crippen molar-refractivity contribution in [3.63, 3.8) is 0 Å². The number of benzene rings is 1. The molecule has 0 amide bonds. The second-order valence-corrected chi connectivity index (χ2v) is 5.61. The van der Waals surface area contributed by atoms with Gasteiger partial charge in [0, 0.05) is 11.8 Å². The first-order chi connectivity index (χ1) is 10.3. The van der Waals surface area contributed by atoms with E-state index in [1.807, 2.05) is 30.3 Å². The third kappa shape index (κ3) is 2.00. The van der Waals surface area contributed by atoms with Crippen molar-refractivity contribution in [1.29, 1.82) is 0 Å². The minimum atomic E-state index is 0.668. The second-order valence-electron chi connectivity index (χ2n) is 4.66. The van der Waals surface area contributed by atoms with Crippen LogP contribution in [0.4, 0.5) is 0 Å². The Morgan fingerprint density at radius 2 is 1.86 bits per heavy atom. The summed E-state index contributed by atoms with van der Waals surface area (Å²) in [4.78, 5) is 5.08. The molecule has 0 aliphatic rings. The Hall–Kier alpha value is -2.60. The molecular weight excluding hydrogens is 282 g/mol. The maximum atomic E-state index is 4.65. The van der Waals surface area contributed by atoms with Crippen LogP contribution in [0.25, 0.3) is 27.1 Å². The molecule has 6 heteroatoms. The summed E-state index contributed by atoms with van der Waals surface area (Å²) < 4.78 is 1.76. The molecule has 5 nitrogen and oxygen atoms in total. The third-order valence-electron chi connectivity index (χ3n) is 3.26. The van der Waals surface area contributed by atoms with Gasteiger partial charge in [0.1, 0.15) is 10.7 Å². The van der Waals surface area contributed by atoms with Crippen LogP contribution in [-0.2, 0) is 0 Å². The molecule has 0 aliphatic heterocycles.